The lowest BCUT2D eigenvalue weighted by Crippen LogP contribution is -2.31. The number of ether oxygens (including phenoxy) is 2. The molecule has 0 aliphatic heterocycles. The van der Waals surface area contributed by atoms with Crippen molar-refractivity contribution >= 4 is 17.6 Å². The van der Waals surface area contributed by atoms with Gasteiger partial charge >= 0.3 is 5.97 Å². The Hall–Kier alpha value is -3.68. The van der Waals surface area contributed by atoms with Gasteiger partial charge in [-0.2, -0.15) is 4.98 Å². The number of aromatic nitrogens is 2. The molecule has 0 unspecified atom stereocenters. The summed E-state index contributed by atoms with van der Waals surface area (Å²) in [6, 6.07) is 15.5. The van der Waals surface area contributed by atoms with E-state index < -0.39 is 5.97 Å². The number of benzene rings is 2. The number of hydrogen-bond acceptors (Lipinski definition) is 7. The number of carbonyl (C=O) groups excluding carboxylic acids is 2. The molecule has 2 aromatic carbocycles. The van der Waals surface area contributed by atoms with Crippen molar-refractivity contribution in [3.63, 3.8) is 0 Å². The third kappa shape index (κ3) is 4.94. The van der Waals surface area contributed by atoms with E-state index in [2.05, 4.69) is 10.1 Å². The number of carbonyl (C=O) groups is 2. The Bertz CT molecular complexity index is 938. The summed E-state index contributed by atoms with van der Waals surface area (Å²) in [5.74, 6) is 0.523. The molecule has 0 aliphatic carbocycles. The third-order valence-corrected chi connectivity index (χ3v) is 3.87. The average molecular weight is 381 g/mol. The first-order chi connectivity index (χ1) is 13.5. The van der Waals surface area contributed by atoms with Crippen LogP contribution in [0.3, 0.4) is 0 Å². The molecule has 0 saturated carbocycles. The number of nitrogens with zero attached hydrogens (tertiary/aromatic N) is 3. The fourth-order valence-electron chi connectivity index (χ4n) is 2.34. The molecule has 3 rings (SSSR count). The number of rotatable bonds is 7. The van der Waals surface area contributed by atoms with Gasteiger partial charge in [0.25, 0.3) is 5.91 Å². The topological polar surface area (TPSA) is 94.8 Å². The first-order valence-electron chi connectivity index (χ1n) is 8.53. The molecule has 0 N–H and O–H groups in total. The minimum atomic E-state index is -0.588. The normalized spacial score (nSPS) is 10.4. The molecule has 1 aromatic heterocycles. The Balaban J connectivity index is 1.49. The summed E-state index contributed by atoms with van der Waals surface area (Å²) in [7, 11) is 1.63. The summed E-state index contributed by atoms with van der Waals surface area (Å²) < 4.78 is 15.5. The molecule has 0 fully saturated rings. The predicted octanol–water partition coefficient (Wildman–Crippen LogP) is 2.78. The van der Waals surface area contributed by atoms with Crippen LogP contribution in [0.25, 0.3) is 0 Å². The zero-order valence-corrected chi connectivity index (χ0v) is 15.5. The minimum Gasteiger partial charge on any atom is -0.485 e. The van der Waals surface area contributed by atoms with E-state index in [1.807, 2.05) is 18.2 Å². The van der Waals surface area contributed by atoms with Crippen molar-refractivity contribution in [1.82, 2.24) is 10.1 Å². The zero-order chi connectivity index (χ0) is 19.9. The highest BCUT2D eigenvalue weighted by Crippen LogP contribution is 2.15. The van der Waals surface area contributed by atoms with Gasteiger partial charge in [-0.1, -0.05) is 23.4 Å². The number of hydrogen-bond donors (Lipinski definition) is 0. The summed E-state index contributed by atoms with van der Waals surface area (Å²) in [6.07, 6.45) is 0. The Labute approximate surface area is 161 Å². The largest absolute Gasteiger partial charge is 0.485 e. The molecule has 0 spiro atoms. The van der Waals surface area contributed by atoms with Crippen molar-refractivity contribution in [2.75, 3.05) is 18.6 Å². The maximum atomic E-state index is 12.2. The summed E-state index contributed by atoms with van der Waals surface area (Å²) in [5.41, 5.74) is 1.04. The van der Waals surface area contributed by atoms with Crippen LogP contribution in [0.5, 0.6) is 5.75 Å². The summed E-state index contributed by atoms with van der Waals surface area (Å²) in [4.78, 5) is 29.8. The smallest absolute Gasteiger partial charge is 0.338 e. The molecule has 28 heavy (non-hydrogen) atoms. The molecule has 0 bridgehead atoms. The summed E-state index contributed by atoms with van der Waals surface area (Å²) in [6.45, 7) is 1.50. The average Bonchev–Trinajstić information content (AvgIpc) is 3.16. The van der Waals surface area contributed by atoms with Gasteiger partial charge in [-0.05, 0) is 36.4 Å². The maximum Gasteiger partial charge on any atom is 0.338 e. The minimum absolute atomic E-state index is 0.154. The van der Waals surface area contributed by atoms with Crippen LogP contribution in [0.2, 0.25) is 0 Å². The van der Waals surface area contributed by atoms with Crippen molar-refractivity contribution in [3.8, 4) is 5.75 Å². The van der Waals surface area contributed by atoms with Crippen molar-refractivity contribution in [2.24, 2.45) is 0 Å². The Morgan fingerprint density at radius 1 is 1.07 bits per heavy atom. The van der Waals surface area contributed by atoms with E-state index >= 15 is 0 Å². The van der Waals surface area contributed by atoms with Gasteiger partial charge in [-0.25, -0.2) is 4.79 Å². The number of likely N-dealkylation sites (N-methyl/N-ethyl adjacent to an activating group) is 1. The molecule has 0 aliphatic rings. The van der Waals surface area contributed by atoms with E-state index in [-0.39, 0.29) is 19.1 Å². The second-order valence-electron chi connectivity index (χ2n) is 5.91. The molecule has 8 heteroatoms. The second-order valence-corrected chi connectivity index (χ2v) is 5.91. The van der Waals surface area contributed by atoms with Crippen molar-refractivity contribution in [2.45, 2.75) is 13.5 Å². The number of anilines is 1. The number of esters is 1. The third-order valence-electron chi connectivity index (χ3n) is 3.87. The Morgan fingerprint density at radius 3 is 2.43 bits per heavy atom. The van der Waals surface area contributed by atoms with Gasteiger partial charge in [-0.3, -0.25) is 4.79 Å². The van der Waals surface area contributed by atoms with Gasteiger partial charge in [0.2, 0.25) is 11.7 Å². The molecule has 0 radical (unpaired) electrons. The summed E-state index contributed by atoms with van der Waals surface area (Å²) in [5, 5.41) is 3.73. The molecular formula is C20H19N3O5. The van der Waals surface area contributed by atoms with E-state index in [0.717, 1.165) is 5.69 Å². The maximum absolute atomic E-state index is 12.2. The highest BCUT2D eigenvalue weighted by Gasteiger charge is 2.15. The van der Waals surface area contributed by atoms with Gasteiger partial charge in [0.15, 0.2) is 13.2 Å². The molecule has 144 valence electrons. The van der Waals surface area contributed by atoms with Crippen LogP contribution in [0.4, 0.5) is 5.69 Å². The van der Waals surface area contributed by atoms with Crippen LogP contribution >= 0.6 is 0 Å². The van der Waals surface area contributed by atoms with E-state index in [1.165, 1.54) is 4.90 Å². The second kappa shape index (κ2) is 8.81. The Morgan fingerprint density at radius 2 is 1.79 bits per heavy atom. The van der Waals surface area contributed by atoms with Crippen LogP contribution in [0, 0.1) is 6.92 Å². The van der Waals surface area contributed by atoms with Crippen molar-refractivity contribution in [3.05, 3.63) is 71.9 Å². The van der Waals surface area contributed by atoms with Crippen LogP contribution in [0.15, 0.2) is 59.1 Å². The first kappa shape index (κ1) is 19.1. The first-order valence-corrected chi connectivity index (χ1v) is 8.53. The van der Waals surface area contributed by atoms with Crippen LogP contribution < -0.4 is 9.64 Å². The molecule has 0 atom stereocenters. The fraction of sp³-hybridized carbons (Fsp3) is 0.200. The molecule has 3 aromatic rings. The lowest BCUT2D eigenvalue weighted by atomic mass is 10.2. The van der Waals surface area contributed by atoms with Gasteiger partial charge in [0.1, 0.15) is 5.75 Å². The Kier molecular flexibility index (Phi) is 6.01. The van der Waals surface area contributed by atoms with Crippen LogP contribution in [0.1, 0.15) is 22.1 Å². The fourth-order valence-corrected chi connectivity index (χ4v) is 2.34. The number of para-hydroxylation sites is 1. The van der Waals surface area contributed by atoms with Crippen LogP contribution in [-0.4, -0.2) is 35.7 Å². The lowest BCUT2D eigenvalue weighted by molar-refractivity contribution is -0.121. The van der Waals surface area contributed by atoms with Crippen molar-refractivity contribution in [1.29, 1.82) is 0 Å². The van der Waals surface area contributed by atoms with Crippen LogP contribution in [-0.2, 0) is 16.1 Å². The predicted molar refractivity (Wildman–Crippen MR) is 99.9 cm³/mol. The standard InChI is InChI=1S/C20H19N3O5/c1-14-21-18(22-28-14)12-26-17-10-8-15(9-11-17)20(25)27-13-19(24)23(2)16-6-4-3-5-7-16/h3-11H,12-13H2,1-2H3. The van der Waals surface area contributed by atoms with Gasteiger partial charge < -0.3 is 18.9 Å². The van der Waals surface area contributed by atoms with E-state index in [1.54, 1.807) is 50.4 Å². The molecule has 1 amide bonds. The number of amides is 1. The van der Waals surface area contributed by atoms with Gasteiger partial charge in [-0.15, -0.1) is 0 Å². The summed E-state index contributed by atoms with van der Waals surface area (Å²) >= 11 is 0. The molecule has 8 nitrogen and oxygen atoms in total. The quantitative estimate of drug-likeness (QED) is 0.581. The zero-order valence-electron chi connectivity index (χ0n) is 15.5. The van der Waals surface area contributed by atoms with E-state index in [4.69, 9.17) is 14.0 Å². The van der Waals surface area contributed by atoms with E-state index in [9.17, 15) is 9.59 Å². The van der Waals surface area contributed by atoms with Gasteiger partial charge in [0.05, 0.1) is 5.56 Å². The SMILES string of the molecule is Cc1nc(COc2ccc(C(=O)OCC(=O)N(C)c3ccccc3)cc2)no1. The highest BCUT2D eigenvalue weighted by atomic mass is 16.5. The highest BCUT2D eigenvalue weighted by molar-refractivity contribution is 5.96. The van der Waals surface area contributed by atoms with Crippen molar-refractivity contribution < 1.29 is 23.6 Å². The van der Waals surface area contributed by atoms with E-state index in [0.29, 0.717) is 23.0 Å². The number of aryl methyl sites for hydroxylation is 1. The molecule has 0 saturated heterocycles. The lowest BCUT2D eigenvalue weighted by Gasteiger charge is -2.17. The molecular weight excluding hydrogens is 362 g/mol. The monoisotopic (exact) mass is 381 g/mol. The van der Waals surface area contributed by atoms with Gasteiger partial charge in [0, 0.05) is 19.7 Å². The molecule has 1 heterocycles.